The predicted molar refractivity (Wildman–Crippen MR) is 154 cm³/mol. The first kappa shape index (κ1) is 30.4. The van der Waals surface area contributed by atoms with Crippen molar-refractivity contribution in [1.82, 2.24) is 20.1 Å². The molecule has 0 unspecified atom stereocenters. The van der Waals surface area contributed by atoms with Crippen LogP contribution in [0, 0.1) is 33.6 Å². The molecule has 0 saturated carbocycles. The lowest BCUT2D eigenvalue weighted by Crippen LogP contribution is -2.50. The molecule has 5 amide bonds. The van der Waals surface area contributed by atoms with Gasteiger partial charge in [-0.05, 0) is 46.8 Å². The molecule has 42 heavy (non-hydrogen) atoms. The molecule has 0 spiro atoms. The van der Waals surface area contributed by atoms with Gasteiger partial charge in [-0.3, -0.25) is 4.79 Å². The minimum absolute atomic E-state index is 0.144. The van der Waals surface area contributed by atoms with Gasteiger partial charge in [0.05, 0.1) is 30.4 Å². The summed E-state index contributed by atoms with van der Waals surface area (Å²) in [5, 5.41) is 25.9. The molecule has 0 saturated heterocycles. The number of para-hydroxylation sites is 1. The second-order valence-electron chi connectivity index (χ2n) is 10.6. The molecule has 0 fully saturated rings. The van der Waals surface area contributed by atoms with Crippen molar-refractivity contribution in [2.75, 3.05) is 42.7 Å². The summed E-state index contributed by atoms with van der Waals surface area (Å²) in [6.45, 7) is 10.6. The Morgan fingerprint density at radius 1 is 1.07 bits per heavy atom. The highest BCUT2D eigenvalue weighted by molar-refractivity contribution is 6.04. The van der Waals surface area contributed by atoms with Gasteiger partial charge < -0.3 is 44.6 Å². The van der Waals surface area contributed by atoms with Crippen LogP contribution in [0.5, 0.6) is 5.75 Å². The number of urea groups is 2. The fourth-order valence-electron chi connectivity index (χ4n) is 4.70. The van der Waals surface area contributed by atoms with E-state index in [1.807, 2.05) is 6.92 Å². The van der Waals surface area contributed by atoms with Crippen LogP contribution < -0.4 is 20.7 Å². The molecule has 226 valence electrons. The van der Waals surface area contributed by atoms with Gasteiger partial charge >= 0.3 is 12.1 Å². The van der Waals surface area contributed by atoms with Gasteiger partial charge in [-0.2, -0.15) is 0 Å². The lowest BCUT2D eigenvalue weighted by Gasteiger charge is -2.38. The number of carbonyl (C=O) groups is 3. The van der Waals surface area contributed by atoms with Crippen molar-refractivity contribution >= 4 is 35.0 Å². The molecule has 1 aromatic carbocycles. The molecule has 14 nitrogen and oxygen atoms in total. The summed E-state index contributed by atoms with van der Waals surface area (Å²) in [6, 6.07) is 3.40. The first-order valence-electron chi connectivity index (χ1n) is 13.6. The number of nitrogens with zero attached hydrogens (tertiary/aromatic N) is 4. The maximum absolute atomic E-state index is 13.7. The van der Waals surface area contributed by atoms with Crippen LogP contribution in [0.25, 0.3) is 0 Å². The van der Waals surface area contributed by atoms with E-state index in [0.717, 1.165) is 0 Å². The number of likely N-dealkylation sites (N-methyl/N-ethyl adjacent to an activating group) is 1. The fourth-order valence-corrected chi connectivity index (χ4v) is 4.70. The highest BCUT2D eigenvalue weighted by Gasteiger charge is 2.35. The number of anilines is 3. The Bertz CT molecular complexity index is 1430. The summed E-state index contributed by atoms with van der Waals surface area (Å²) < 4.78 is 16.7. The fraction of sp³-hybridized carbons (Fsp3) is 0.464. The molecule has 1 aliphatic heterocycles. The minimum atomic E-state index is -0.598. The number of rotatable bonds is 7. The molecule has 2 aromatic heterocycles. The van der Waals surface area contributed by atoms with E-state index in [-0.39, 0.29) is 48.5 Å². The van der Waals surface area contributed by atoms with Gasteiger partial charge in [0.2, 0.25) is 0 Å². The Morgan fingerprint density at radius 3 is 2.26 bits per heavy atom. The average Bonchev–Trinajstić information content (AvgIpc) is 3.44. The average molecular weight is 584 g/mol. The van der Waals surface area contributed by atoms with Crippen molar-refractivity contribution in [3.8, 4) is 5.75 Å². The number of benzene rings is 1. The maximum Gasteiger partial charge on any atom is 0.323 e. The summed E-state index contributed by atoms with van der Waals surface area (Å²) >= 11 is 0. The number of aliphatic hydroxyl groups excluding tert-OH is 1. The zero-order valence-electron chi connectivity index (χ0n) is 24.8. The van der Waals surface area contributed by atoms with Crippen molar-refractivity contribution in [3.63, 3.8) is 0 Å². The molecule has 3 atom stereocenters. The summed E-state index contributed by atoms with van der Waals surface area (Å²) in [6.07, 6.45) is -0.598. The smallest absolute Gasteiger partial charge is 0.323 e. The van der Waals surface area contributed by atoms with E-state index < -0.39 is 24.2 Å². The van der Waals surface area contributed by atoms with E-state index in [4.69, 9.17) is 13.8 Å². The molecule has 4 N–H and O–H groups in total. The van der Waals surface area contributed by atoms with Gasteiger partial charge in [-0.25, -0.2) is 9.59 Å². The third-order valence-electron chi connectivity index (χ3n) is 7.28. The molecular formula is C28H37N7O7. The first-order valence-corrected chi connectivity index (χ1v) is 13.6. The van der Waals surface area contributed by atoms with Crippen LogP contribution in [-0.4, -0.2) is 82.1 Å². The number of fused-ring (bicyclic) bond motifs is 1. The molecule has 3 aromatic rings. The topological polar surface area (TPSA) is 175 Å². The SMILES string of the molecule is Cc1noc(C)c1NC(=O)Nc1cccc2c1O[C@H](CN(C)C(=O)Nc1c(C)noc1C)[C@H](C)CN([C@H](C)CO)C2=O. The van der Waals surface area contributed by atoms with Gasteiger partial charge in [0.25, 0.3) is 5.91 Å². The number of nitrogens with one attached hydrogen (secondary N) is 3. The molecule has 14 heteroatoms. The Morgan fingerprint density at radius 2 is 1.69 bits per heavy atom. The lowest BCUT2D eigenvalue weighted by molar-refractivity contribution is 0.0373. The van der Waals surface area contributed by atoms with Crippen LogP contribution in [0.3, 0.4) is 0 Å². The largest absolute Gasteiger partial charge is 0.485 e. The lowest BCUT2D eigenvalue weighted by atomic mass is 9.99. The summed E-state index contributed by atoms with van der Waals surface area (Å²) in [5.41, 5.74) is 2.46. The van der Waals surface area contributed by atoms with Crippen molar-refractivity contribution in [2.45, 2.75) is 53.7 Å². The maximum atomic E-state index is 13.7. The van der Waals surface area contributed by atoms with Crippen LogP contribution in [-0.2, 0) is 0 Å². The van der Waals surface area contributed by atoms with Gasteiger partial charge in [-0.15, -0.1) is 0 Å². The molecular weight excluding hydrogens is 546 g/mol. The zero-order valence-corrected chi connectivity index (χ0v) is 24.8. The van der Waals surface area contributed by atoms with Gasteiger partial charge in [-0.1, -0.05) is 23.3 Å². The van der Waals surface area contributed by atoms with Crippen molar-refractivity contribution in [1.29, 1.82) is 0 Å². The highest BCUT2D eigenvalue weighted by Crippen LogP contribution is 2.35. The number of hydrogen-bond donors (Lipinski definition) is 4. The van der Waals surface area contributed by atoms with Crippen LogP contribution in [0.2, 0.25) is 0 Å². The van der Waals surface area contributed by atoms with Crippen molar-refractivity contribution in [2.24, 2.45) is 5.92 Å². The molecule has 3 heterocycles. The standard InChI is InChI=1S/C28H37N7O7/c1-14-11-35(15(2)13-36)26(37)20-9-8-10-21(29-27(38)30-23-16(3)32-41-18(23)5)25(20)40-22(14)12-34(7)28(39)31-24-17(4)33-42-19(24)6/h8-10,14-15,22,36H,11-13H2,1-7H3,(H,31,39)(H2,29,30,38)/t14-,15-,22-/m1/s1. The van der Waals surface area contributed by atoms with E-state index in [1.54, 1.807) is 64.8 Å². The number of ether oxygens (including phenoxy) is 1. The quantitative estimate of drug-likeness (QED) is 0.321. The van der Waals surface area contributed by atoms with Gasteiger partial charge in [0.15, 0.2) is 17.3 Å². The Labute approximate surface area is 243 Å². The number of aromatic nitrogens is 2. The third kappa shape index (κ3) is 6.33. The monoisotopic (exact) mass is 583 g/mol. The van der Waals surface area contributed by atoms with E-state index >= 15 is 0 Å². The summed E-state index contributed by atoms with van der Waals surface area (Å²) in [7, 11) is 1.63. The molecule has 1 aliphatic rings. The number of aryl methyl sites for hydroxylation is 4. The van der Waals surface area contributed by atoms with Gasteiger partial charge in [0.1, 0.15) is 28.9 Å². The van der Waals surface area contributed by atoms with Gasteiger partial charge in [0, 0.05) is 19.5 Å². The molecule has 0 radical (unpaired) electrons. The number of aliphatic hydroxyl groups is 1. The van der Waals surface area contributed by atoms with Crippen LogP contribution in [0.4, 0.5) is 26.7 Å². The minimum Gasteiger partial charge on any atom is -0.485 e. The second-order valence-corrected chi connectivity index (χ2v) is 10.6. The van der Waals surface area contributed by atoms with E-state index in [9.17, 15) is 19.5 Å². The molecule has 0 aliphatic carbocycles. The third-order valence-corrected chi connectivity index (χ3v) is 7.28. The first-order chi connectivity index (χ1) is 19.9. The van der Waals surface area contributed by atoms with Crippen molar-refractivity contribution in [3.05, 3.63) is 46.7 Å². The summed E-state index contributed by atoms with van der Waals surface area (Å²) in [4.78, 5) is 42.8. The number of hydrogen-bond acceptors (Lipinski definition) is 9. The van der Waals surface area contributed by atoms with E-state index in [2.05, 4.69) is 26.3 Å². The Hall–Kier alpha value is -4.59. The summed E-state index contributed by atoms with van der Waals surface area (Å²) in [5.74, 6) is 0.461. The Kier molecular flexibility index (Phi) is 9.05. The zero-order chi connectivity index (χ0) is 30.7. The Balaban J connectivity index is 1.64. The normalized spacial score (nSPS) is 17.4. The van der Waals surface area contributed by atoms with Crippen LogP contribution in [0.1, 0.15) is 47.1 Å². The van der Waals surface area contributed by atoms with E-state index in [1.165, 1.54) is 4.90 Å². The number of amides is 5. The van der Waals surface area contributed by atoms with Crippen molar-refractivity contribution < 1.29 is 33.3 Å². The van der Waals surface area contributed by atoms with Crippen LogP contribution in [0.15, 0.2) is 27.2 Å². The second kappa shape index (κ2) is 12.5. The highest BCUT2D eigenvalue weighted by atomic mass is 16.5. The molecule has 0 bridgehead atoms. The number of carbonyl (C=O) groups excluding carboxylic acids is 3. The van der Waals surface area contributed by atoms with Crippen LogP contribution >= 0.6 is 0 Å². The molecule has 4 rings (SSSR count). The predicted octanol–water partition coefficient (Wildman–Crippen LogP) is 3.92. The van der Waals surface area contributed by atoms with E-state index in [0.29, 0.717) is 34.3 Å².